The minimum atomic E-state index is -0.330. The van der Waals surface area contributed by atoms with Crippen LogP contribution in [0.5, 0.6) is 0 Å². The smallest absolute Gasteiger partial charge is 0.275 e. The van der Waals surface area contributed by atoms with E-state index in [1.807, 2.05) is 29.2 Å². The van der Waals surface area contributed by atoms with E-state index in [-0.39, 0.29) is 36.3 Å². The number of nitrogens with two attached hydrogens (primary N) is 1. The van der Waals surface area contributed by atoms with Gasteiger partial charge in [0.25, 0.3) is 5.91 Å². The molecule has 2 amide bonds. The largest absolute Gasteiger partial charge is 0.369 e. The highest BCUT2D eigenvalue weighted by Crippen LogP contribution is 2.28. The number of carbonyl (C=O) groups excluding carboxylic acids is 2. The first-order valence-corrected chi connectivity index (χ1v) is 10.7. The van der Waals surface area contributed by atoms with Crippen molar-refractivity contribution in [1.29, 1.82) is 0 Å². The first-order chi connectivity index (χ1) is 15.0. The third-order valence-corrected chi connectivity index (χ3v) is 5.89. The van der Waals surface area contributed by atoms with Gasteiger partial charge in [-0.2, -0.15) is 0 Å². The Hall–Kier alpha value is -3.21. The van der Waals surface area contributed by atoms with Gasteiger partial charge < -0.3 is 20.9 Å². The van der Waals surface area contributed by atoms with Gasteiger partial charge in [0.05, 0.1) is 17.9 Å². The molecule has 9 nitrogen and oxygen atoms in total. The lowest BCUT2D eigenvalue weighted by atomic mass is 10.2. The van der Waals surface area contributed by atoms with Gasteiger partial charge in [-0.1, -0.05) is 12.1 Å². The van der Waals surface area contributed by atoms with Gasteiger partial charge in [0.2, 0.25) is 11.5 Å². The highest BCUT2D eigenvalue weighted by atomic mass is 35.5. The summed E-state index contributed by atoms with van der Waals surface area (Å²) in [6.45, 7) is 3.15. The molecule has 1 aliphatic rings. The van der Waals surface area contributed by atoms with Crippen molar-refractivity contribution in [3.8, 4) is 10.6 Å². The van der Waals surface area contributed by atoms with Crippen LogP contribution in [-0.4, -0.2) is 59.4 Å². The molecule has 0 spiro atoms. The number of primary amides is 1. The van der Waals surface area contributed by atoms with Gasteiger partial charge in [-0.15, -0.1) is 23.7 Å². The summed E-state index contributed by atoms with van der Waals surface area (Å²) in [5, 5.41) is 5.24. The monoisotopic (exact) mass is 474 g/mol. The number of halogens is 1. The van der Waals surface area contributed by atoms with Crippen molar-refractivity contribution in [3.05, 3.63) is 64.0 Å². The molecule has 11 heteroatoms. The topological polar surface area (TPSA) is 124 Å². The van der Waals surface area contributed by atoms with Crippen molar-refractivity contribution in [3.63, 3.8) is 0 Å². The Bertz CT molecular complexity index is 1160. The number of benzene rings is 1. The number of para-hydroxylation sites is 2. The quantitative estimate of drug-likeness (QED) is 0.500. The molecule has 0 atom stereocenters. The van der Waals surface area contributed by atoms with Crippen LogP contribution < -0.4 is 21.5 Å². The van der Waals surface area contributed by atoms with Crippen LogP contribution in [0.3, 0.4) is 0 Å². The van der Waals surface area contributed by atoms with E-state index in [9.17, 15) is 14.4 Å². The van der Waals surface area contributed by atoms with Crippen molar-refractivity contribution >= 4 is 46.9 Å². The molecule has 0 aliphatic carbocycles. The van der Waals surface area contributed by atoms with Crippen molar-refractivity contribution in [1.82, 2.24) is 14.9 Å². The van der Waals surface area contributed by atoms with E-state index < -0.39 is 0 Å². The van der Waals surface area contributed by atoms with Crippen LogP contribution >= 0.6 is 23.7 Å². The molecule has 0 radical (unpaired) electrons. The molecule has 0 bridgehead atoms. The number of thiazole rings is 1. The van der Waals surface area contributed by atoms with Gasteiger partial charge >= 0.3 is 0 Å². The predicted octanol–water partition coefficient (Wildman–Crippen LogP) is 1.78. The molecule has 1 fully saturated rings. The molecule has 2 aromatic heterocycles. The zero-order valence-corrected chi connectivity index (χ0v) is 18.7. The summed E-state index contributed by atoms with van der Waals surface area (Å²) in [6, 6.07) is 10.8. The lowest BCUT2D eigenvalue weighted by Gasteiger charge is -2.36. The summed E-state index contributed by atoms with van der Waals surface area (Å²) in [7, 11) is 0. The van der Waals surface area contributed by atoms with E-state index in [0.717, 1.165) is 31.9 Å². The van der Waals surface area contributed by atoms with Gasteiger partial charge in [0, 0.05) is 49.4 Å². The van der Waals surface area contributed by atoms with Gasteiger partial charge in [-0.05, 0) is 18.2 Å². The molecule has 3 aromatic rings. The number of amides is 2. The molecule has 1 aliphatic heterocycles. The Morgan fingerprint density at radius 3 is 2.62 bits per heavy atom. The van der Waals surface area contributed by atoms with E-state index in [1.54, 1.807) is 17.6 Å². The molecular weight excluding hydrogens is 452 g/mol. The second-order valence-corrected chi connectivity index (χ2v) is 8.04. The standard InChI is InChI=1S/C21H22N6O3S.ClH/c22-18(28)12-26-7-9-27(10-8-26)17-4-2-1-3-15(17)24-20(30)16-13-31-21(25-16)14-5-6-23-19(29)11-14;/h1-6,11,13H,7-10,12H2,(H2,22,28)(H,23,29)(H,24,30);1H. The van der Waals surface area contributed by atoms with E-state index in [2.05, 4.69) is 20.2 Å². The maximum absolute atomic E-state index is 12.8. The molecule has 32 heavy (non-hydrogen) atoms. The zero-order valence-electron chi connectivity index (χ0n) is 17.1. The van der Waals surface area contributed by atoms with Crippen LogP contribution in [0.2, 0.25) is 0 Å². The molecule has 1 saturated heterocycles. The first-order valence-electron chi connectivity index (χ1n) is 9.80. The van der Waals surface area contributed by atoms with E-state index in [1.165, 1.54) is 17.4 Å². The average Bonchev–Trinajstić information content (AvgIpc) is 3.25. The second-order valence-electron chi connectivity index (χ2n) is 7.18. The molecule has 0 unspecified atom stereocenters. The maximum atomic E-state index is 12.8. The summed E-state index contributed by atoms with van der Waals surface area (Å²) in [5.41, 5.74) is 7.64. The molecule has 168 valence electrons. The molecule has 4 N–H and O–H groups in total. The zero-order chi connectivity index (χ0) is 21.8. The van der Waals surface area contributed by atoms with Crippen LogP contribution in [0.4, 0.5) is 11.4 Å². The third-order valence-electron chi connectivity index (χ3n) is 5.00. The number of carbonyl (C=O) groups is 2. The van der Waals surface area contributed by atoms with Gasteiger partial charge in [0.1, 0.15) is 10.7 Å². The average molecular weight is 475 g/mol. The second kappa shape index (κ2) is 10.4. The number of hydrogen-bond acceptors (Lipinski definition) is 7. The summed E-state index contributed by atoms with van der Waals surface area (Å²) in [6.07, 6.45) is 1.55. The number of nitrogens with one attached hydrogen (secondary N) is 2. The number of H-pyrrole nitrogens is 1. The van der Waals surface area contributed by atoms with Crippen LogP contribution in [0.25, 0.3) is 10.6 Å². The highest BCUT2D eigenvalue weighted by Gasteiger charge is 2.21. The summed E-state index contributed by atoms with van der Waals surface area (Å²) >= 11 is 1.31. The predicted molar refractivity (Wildman–Crippen MR) is 128 cm³/mol. The number of aromatic amines is 1. The Labute approximate surface area is 194 Å². The van der Waals surface area contributed by atoms with E-state index in [4.69, 9.17) is 5.73 Å². The molecule has 4 rings (SSSR count). The summed E-state index contributed by atoms with van der Waals surface area (Å²) in [5.74, 6) is -0.643. The van der Waals surface area contributed by atoms with E-state index >= 15 is 0 Å². The van der Waals surface area contributed by atoms with Crippen LogP contribution in [0.15, 0.2) is 52.8 Å². The number of aromatic nitrogens is 2. The fraction of sp³-hybridized carbons (Fsp3) is 0.238. The first kappa shape index (κ1) is 23.5. The normalized spacial score (nSPS) is 13.9. The number of nitrogens with zero attached hydrogens (tertiary/aromatic N) is 3. The molecule has 1 aromatic carbocycles. The Balaban J connectivity index is 0.00000289. The highest BCUT2D eigenvalue weighted by molar-refractivity contribution is 7.13. The number of pyridine rings is 1. The van der Waals surface area contributed by atoms with Crippen molar-refractivity contribution in [2.45, 2.75) is 0 Å². The van der Waals surface area contributed by atoms with E-state index in [0.29, 0.717) is 22.0 Å². The fourth-order valence-corrected chi connectivity index (χ4v) is 4.29. The lowest BCUT2D eigenvalue weighted by molar-refractivity contribution is -0.119. The van der Waals surface area contributed by atoms with Gasteiger partial charge in [-0.3, -0.25) is 19.3 Å². The van der Waals surface area contributed by atoms with Crippen molar-refractivity contribution in [2.24, 2.45) is 5.73 Å². The summed E-state index contributed by atoms with van der Waals surface area (Å²) in [4.78, 5) is 46.6. The Morgan fingerprint density at radius 1 is 1.16 bits per heavy atom. The third kappa shape index (κ3) is 5.52. The number of piperazine rings is 1. The van der Waals surface area contributed by atoms with Crippen LogP contribution in [0, 0.1) is 0 Å². The van der Waals surface area contributed by atoms with Crippen LogP contribution in [-0.2, 0) is 4.79 Å². The lowest BCUT2D eigenvalue weighted by Crippen LogP contribution is -2.49. The summed E-state index contributed by atoms with van der Waals surface area (Å²) < 4.78 is 0. The SMILES string of the molecule is Cl.NC(=O)CN1CCN(c2ccccc2NC(=O)c2csc(-c3cc[nH]c(=O)c3)n2)CC1. The Morgan fingerprint density at radius 2 is 1.91 bits per heavy atom. The maximum Gasteiger partial charge on any atom is 0.275 e. The number of rotatable bonds is 6. The molecule has 3 heterocycles. The minimum absolute atomic E-state index is 0. The van der Waals surface area contributed by atoms with Gasteiger partial charge in [-0.25, -0.2) is 4.98 Å². The Kier molecular flexibility index (Phi) is 7.62. The van der Waals surface area contributed by atoms with Crippen molar-refractivity contribution in [2.75, 3.05) is 42.9 Å². The number of hydrogen-bond donors (Lipinski definition) is 3. The van der Waals surface area contributed by atoms with Crippen molar-refractivity contribution < 1.29 is 9.59 Å². The minimum Gasteiger partial charge on any atom is -0.369 e. The van der Waals surface area contributed by atoms with Crippen LogP contribution in [0.1, 0.15) is 10.5 Å². The molecule has 0 saturated carbocycles. The van der Waals surface area contributed by atoms with Gasteiger partial charge in [0.15, 0.2) is 0 Å². The fourth-order valence-electron chi connectivity index (χ4n) is 3.50. The number of anilines is 2. The molecular formula is C21H23ClN6O3S.